The molecule has 0 aliphatic carbocycles. The van der Waals surface area contributed by atoms with Gasteiger partial charge in [-0.2, -0.15) is 0 Å². The molecule has 2 N–H and O–H groups in total. The van der Waals surface area contributed by atoms with Crippen LogP contribution in [0.1, 0.15) is 17.5 Å². The van der Waals surface area contributed by atoms with Crippen LogP contribution in [0.4, 0.5) is 0 Å². The number of aliphatic carboxylic acids is 1. The van der Waals surface area contributed by atoms with Gasteiger partial charge in [0.25, 0.3) is 0 Å². The van der Waals surface area contributed by atoms with Gasteiger partial charge >= 0.3 is 5.97 Å². The van der Waals surface area contributed by atoms with Gasteiger partial charge in [-0.1, -0.05) is 11.6 Å². The van der Waals surface area contributed by atoms with E-state index in [-0.39, 0.29) is 6.42 Å². The molecule has 0 aromatic heterocycles. The fraction of sp³-hybridized carbons (Fsp3) is 0.417. The highest BCUT2D eigenvalue weighted by Gasteiger charge is 2.15. The van der Waals surface area contributed by atoms with Crippen molar-refractivity contribution >= 4 is 17.6 Å². The topological polar surface area (TPSA) is 66.8 Å². The maximum Gasteiger partial charge on any atom is 0.332 e. The van der Waals surface area contributed by atoms with Gasteiger partial charge in [0, 0.05) is 5.02 Å². The van der Waals surface area contributed by atoms with Gasteiger partial charge in [-0.25, -0.2) is 4.79 Å². The normalized spacial score (nSPS) is 12.2. The summed E-state index contributed by atoms with van der Waals surface area (Å²) in [5.74, 6) is -0.533. The highest BCUT2D eigenvalue weighted by atomic mass is 35.5. The van der Waals surface area contributed by atoms with Crippen LogP contribution in [0, 0.1) is 6.92 Å². The quantitative estimate of drug-likeness (QED) is 0.848. The van der Waals surface area contributed by atoms with Gasteiger partial charge in [0.05, 0.1) is 7.11 Å². The van der Waals surface area contributed by atoms with Crippen molar-refractivity contribution in [2.24, 2.45) is 0 Å². The Morgan fingerprint density at radius 1 is 1.53 bits per heavy atom. The molecule has 1 aromatic rings. The number of halogens is 1. The van der Waals surface area contributed by atoms with Crippen LogP contribution in [0.15, 0.2) is 12.1 Å². The summed E-state index contributed by atoms with van der Waals surface area (Å²) in [4.78, 5) is 10.5. The number of carboxylic acid groups (broad SMARTS) is 1. The number of ether oxygens (including phenoxy) is 1. The lowest BCUT2D eigenvalue weighted by molar-refractivity contribution is -0.146. The van der Waals surface area contributed by atoms with Gasteiger partial charge in [-0.05, 0) is 43.0 Å². The van der Waals surface area contributed by atoms with Gasteiger partial charge in [0.2, 0.25) is 0 Å². The van der Waals surface area contributed by atoms with E-state index in [9.17, 15) is 9.90 Å². The predicted octanol–water partition coefficient (Wildman–Crippen LogP) is 2.04. The van der Waals surface area contributed by atoms with E-state index in [1.807, 2.05) is 6.92 Å². The van der Waals surface area contributed by atoms with E-state index in [2.05, 4.69) is 0 Å². The van der Waals surface area contributed by atoms with Crippen molar-refractivity contribution in [3.05, 3.63) is 28.3 Å². The minimum Gasteiger partial charge on any atom is -0.496 e. The lowest BCUT2D eigenvalue weighted by atomic mass is 10.0. The molecule has 1 rings (SSSR count). The van der Waals surface area contributed by atoms with Crippen LogP contribution in [-0.2, 0) is 11.2 Å². The number of aliphatic hydroxyl groups excluding tert-OH is 1. The maximum absolute atomic E-state index is 10.5. The van der Waals surface area contributed by atoms with E-state index < -0.39 is 12.1 Å². The van der Waals surface area contributed by atoms with Crippen LogP contribution < -0.4 is 4.74 Å². The summed E-state index contributed by atoms with van der Waals surface area (Å²) in [6.07, 6.45) is -0.831. The number of aryl methyl sites for hydroxylation is 2. The van der Waals surface area contributed by atoms with E-state index in [1.165, 1.54) is 0 Å². The van der Waals surface area contributed by atoms with E-state index in [1.54, 1.807) is 19.2 Å². The molecule has 0 heterocycles. The van der Waals surface area contributed by atoms with Crippen LogP contribution in [0.3, 0.4) is 0 Å². The Labute approximate surface area is 105 Å². The number of rotatable bonds is 5. The molecular formula is C12H15ClO4. The minimum atomic E-state index is -1.36. The first-order chi connectivity index (χ1) is 7.95. The third kappa shape index (κ3) is 3.61. The zero-order chi connectivity index (χ0) is 13.0. The molecule has 1 unspecified atom stereocenters. The molecule has 0 aliphatic rings. The number of carbonyl (C=O) groups is 1. The molecule has 0 saturated heterocycles. The van der Waals surface area contributed by atoms with Crippen molar-refractivity contribution in [1.82, 2.24) is 0 Å². The summed E-state index contributed by atoms with van der Waals surface area (Å²) >= 11 is 5.92. The standard InChI is InChI=1S/C12H15ClO4/c1-7-5-9(13)6-8(11(7)17-2)3-4-10(14)12(15)16/h5-6,10,14H,3-4H2,1-2H3,(H,15,16). The van der Waals surface area contributed by atoms with Gasteiger partial charge in [-0.15, -0.1) is 0 Å². The van der Waals surface area contributed by atoms with E-state index in [0.717, 1.165) is 11.1 Å². The number of methoxy groups -OCH3 is 1. The van der Waals surface area contributed by atoms with Gasteiger partial charge in [0.1, 0.15) is 5.75 Å². The molecule has 1 atom stereocenters. The monoisotopic (exact) mass is 258 g/mol. The average molecular weight is 259 g/mol. The van der Waals surface area contributed by atoms with Gasteiger partial charge in [-0.3, -0.25) is 0 Å². The fourth-order valence-electron chi connectivity index (χ4n) is 1.69. The van der Waals surface area contributed by atoms with Crippen molar-refractivity contribution in [3.63, 3.8) is 0 Å². The highest BCUT2D eigenvalue weighted by molar-refractivity contribution is 6.30. The Kier molecular flexibility index (Phi) is 4.78. The zero-order valence-electron chi connectivity index (χ0n) is 9.74. The van der Waals surface area contributed by atoms with Gasteiger partial charge < -0.3 is 14.9 Å². The van der Waals surface area contributed by atoms with Crippen LogP contribution >= 0.6 is 11.6 Å². The Bertz CT molecular complexity index is 417. The summed E-state index contributed by atoms with van der Waals surface area (Å²) < 4.78 is 5.24. The first-order valence-corrected chi connectivity index (χ1v) is 5.57. The summed E-state index contributed by atoms with van der Waals surface area (Å²) in [7, 11) is 1.55. The van der Waals surface area contributed by atoms with E-state index in [4.69, 9.17) is 21.4 Å². The lowest BCUT2D eigenvalue weighted by Crippen LogP contribution is -2.20. The molecule has 4 nitrogen and oxygen atoms in total. The van der Waals surface area contributed by atoms with Gasteiger partial charge in [0.15, 0.2) is 6.10 Å². The Hall–Kier alpha value is -1.26. The smallest absolute Gasteiger partial charge is 0.332 e. The molecule has 0 radical (unpaired) electrons. The van der Waals surface area contributed by atoms with Crippen molar-refractivity contribution in [3.8, 4) is 5.75 Å². The summed E-state index contributed by atoms with van der Waals surface area (Å²) in [6.45, 7) is 1.86. The predicted molar refractivity (Wildman–Crippen MR) is 64.7 cm³/mol. The Balaban J connectivity index is 2.86. The van der Waals surface area contributed by atoms with Crippen molar-refractivity contribution in [2.75, 3.05) is 7.11 Å². The van der Waals surface area contributed by atoms with E-state index >= 15 is 0 Å². The Morgan fingerprint density at radius 2 is 2.18 bits per heavy atom. The molecule has 1 aromatic carbocycles. The fourth-order valence-corrected chi connectivity index (χ4v) is 1.99. The molecule has 0 spiro atoms. The van der Waals surface area contributed by atoms with Crippen molar-refractivity contribution in [1.29, 1.82) is 0 Å². The SMILES string of the molecule is COc1c(C)cc(Cl)cc1CCC(O)C(=O)O. The summed E-state index contributed by atoms with van der Waals surface area (Å²) in [6, 6.07) is 3.50. The molecule has 17 heavy (non-hydrogen) atoms. The summed E-state index contributed by atoms with van der Waals surface area (Å²) in [5, 5.41) is 18.4. The number of carboxylic acids is 1. The third-order valence-corrected chi connectivity index (χ3v) is 2.71. The summed E-state index contributed by atoms with van der Waals surface area (Å²) in [5.41, 5.74) is 1.69. The first kappa shape index (κ1) is 13.8. The number of benzene rings is 1. The van der Waals surface area contributed by atoms with Crippen LogP contribution in [0.25, 0.3) is 0 Å². The Morgan fingerprint density at radius 3 is 2.71 bits per heavy atom. The molecule has 0 fully saturated rings. The molecule has 94 valence electrons. The van der Waals surface area contributed by atoms with Crippen LogP contribution in [0.5, 0.6) is 5.75 Å². The molecule has 5 heteroatoms. The number of hydrogen-bond acceptors (Lipinski definition) is 3. The highest BCUT2D eigenvalue weighted by Crippen LogP contribution is 2.28. The zero-order valence-corrected chi connectivity index (χ0v) is 10.5. The second-order valence-electron chi connectivity index (χ2n) is 3.81. The second-order valence-corrected chi connectivity index (χ2v) is 4.24. The largest absolute Gasteiger partial charge is 0.496 e. The van der Waals surface area contributed by atoms with Crippen molar-refractivity contribution in [2.45, 2.75) is 25.9 Å². The number of hydrogen-bond donors (Lipinski definition) is 2. The third-order valence-electron chi connectivity index (χ3n) is 2.49. The van der Waals surface area contributed by atoms with Crippen molar-refractivity contribution < 1.29 is 19.7 Å². The molecule has 0 aliphatic heterocycles. The number of aliphatic hydroxyl groups is 1. The molecule has 0 amide bonds. The molecular weight excluding hydrogens is 244 g/mol. The molecule has 0 saturated carbocycles. The lowest BCUT2D eigenvalue weighted by Gasteiger charge is -2.13. The van der Waals surface area contributed by atoms with E-state index in [0.29, 0.717) is 17.2 Å². The average Bonchev–Trinajstić information content (AvgIpc) is 2.24. The minimum absolute atomic E-state index is 0.130. The maximum atomic E-state index is 10.5. The second kappa shape index (κ2) is 5.89. The first-order valence-electron chi connectivity index (χ1n) is 5.19. The van der Waals surface area contributed by atoms with Crippen LogP contribution in [0.2, 0.25) is 5.02 Å². The van der Waals surface area contributed by atoms with Crippen LogP contribution in [-0.4, -0.2) is 29.4 Å². The molecule has 0 bridgehead atoms.